The highest BCUT2D eigenvalue weighted by molar-refractivity contribution is 7.92. The van der Waals surface area contributed by atoms with Gasteiger partial charge in [-0.15, -0.1) is 0 Å². The molecule has 7 nitrogen and oxygen atoms in total. The molecule has 0 radical (unpaired) electrons. The Balaban J connectivity index is 2.08. The van der Waals surface area contributed by atoms with Crippen molar-refractivity contribution in [1.29, 1.82) is 0 Å². The minimum absolute atomic E-state index is 0.115. The number of hydrogen-bond acceptors (Lipinski definition) is 5. The van der Waals surface area contributed by atoms with E-state index in [2.05, 4.69) is 10.0 Å². The Morgan fingerprint density at radius 1 is 1.07 bits per heavy atom. The molecule has 0 aliphatic heterocycles. The van der Waals surface area contributed by atoms with Gasteiger partial charge in [0.05, 0.1) is 24.5 Å². The number of nitrogens with one attached hydrogen (secondary N) is 2. The molecule has 0 saturated carbocycles. The summed E-state index contributed by atoms with van der Waals surface area (Å²) in [6.45, 7) is 6.96. The monoisotopic (exact) mass is 420 g/mol. The number of aryl methyl sites for hydroxylation is 2. The van der Waals surface area contributed by atoms with Crippen molar-refractivity contribution >= 4 is 21.6 Å². The molecular weight excluding hydrogens is 392 g/mol. The summed E-state index contributed by atoms with van der Waals surface area (Å²) in [6, 6.07) is 9.93. The fourth-order valence-electron chi connectivity index (χ4n) is 2.88. The van der Waals surface area contributed by atoms with E-state index in [4.69, 9.17) is 9.47 Å². The highest BCUT2D eigenvalue weighted by Gasteiger charge is 2.18. The lowest BCUT2D eigenvalue weighted by atomic mass is 10.1. The molecule has 0 saturated heterocycles. The third-order valence-corrected chi connectivity index (χ3v) is 5.59. The van der Waals surface area contributed by atoms with E-state index in [0.29, 0.717) is 31.2 Å². The summed E-state index contributed by atoms with van der Waals surface area (Å²) < 4.78 is 38.6. The van der Waals surface area contributed by atoms with E-state index in [1.165, 1.54) is 0 Å². The summed E-state index contributed by atoms with van der Waals surface area (Å²) in [5.74, 6) is 0.593. The first-order valence-electron chi connectivity index (χ1n) is 9.38. The second-order valence-electron chi connectivity index (χ2n) is 6.64. The Morgan fingerprint density at radius 3 is 2.24 bits per heavy atom. The molecule has 0 unspecified atom stereocenters. The van der Waals surface area contributed by atoms with E-state index in [9.17, 15) is 13.2 Å². The molecule has 0 atom stereocenters. The molecule has 0 fully saturated rings. The van der Waals surface area contributed by atoms with Crippen molar-refractivity contribution in [2.24, 2.45) is 0 Å². The first-order valence-corrected chi connectivity index (χ1v) is 10.9. The maximum Gasteiger partial charge on any atom is 0.261 e. The summed E-state index contributed by atoms with van der Waals surface area (Å²) in [4.78, 5) is 12.0. The molecule has 158 valence electrons. The molecule has 0 spiro atoms. The lowest BCUT2D eigenvalue weighted by Gasteiger charge is -2.14. The third-order valence-electron chi connectivity index (χ3n) is 4.23. The highest BCUT2D eigenvalue weighted by atomic mass is 32.2. The van der Waals surface area contributed by atoms with E-state index in [-0.39, 0.29) is 17.2 Å². The molecule has 0 aliphatic rings. The number of carbonyl (C=O) groups is 1. The summed E-state index contributed by atoms with van der Waals surface area (Å²) in [5.41, 5.74) is 2.75. The van der Waals surface area contributed by atoms with Crippen LogP contribution in [0.5, 0.6) is 5.75 Å². The highest BCUT2D eigenvalue weighted by Crippen LogP contribution is 2.28. The van der Waals surface area contributed by atoms with Crippen LogP contribution in [0.25, 0.3) is 0 Å². The predicted molar refractivity (Wildman–Crippen MR) is 113 cm³/mol. The average Bonchev–Trinajstić information content (AvgIpc) is 2.66. The van der Waals surface area contributed by atoms with Gasteiger partial charge in [-0.25, -0.2) is 8.42 Å². The van der Waals surface area contributed by atoms with Crippen molar-refractivity contribution in [2.45, 2.75) is 32.1 Å². The molecule has 0 bridgehead atoms. The summed E-state index contributed by atoms with van der Waals surface area (Å²) >= 11 is 0. The van der Waals surface area contributed by atoms with Crippen molar-refractivity contribution in [1.82, 2.24) is 5.32 Å². The van der Waals surface area contributed by atoms with Crippen LogP contribution in [0.4, 0.5) is 5.69 Å². The number of carbonyl (C=O) groups excluding carboxylic acids is 1. The van der Waals surface area contributed by atoms with Crippen LogP contribution in [0.1, 0.15) is 23.6 Å². The molecule has 1 amide bonds. The first kappa shape index (κ1) is 22.7. The smallest absolute Gasteiger partial charge is 0.261 e. The zero-order valence-corrected chi connectivity index (χ0v) is 18.1. The largest absolute Gasteiger partial charge is 0.493 e. The van der Waals surface area contributed by atoms with Crippen LogP contribution < -0.4 is 14.8 Å². The summed E-state index contributed by atoms with van der Waals surface area (Å²) in [5, 5.41) is 2.74. The number of hydrogen-bond donors (Lipinski definition) is 2. The zero-order chi connectivity index (χ0) is 21.4. The second-order valence-corrected chi connectivity index (χ2v) is 8.32. The van der Waals surface area contributed by atoms with Crippen LogP contribution in [-0.2, 0) is 26.0 Å². The number of amides is 1. The average molecular weight is 421 g/mol. The molecule has 2 rings (SSSR count). The predicted octanol–water partition coefficient (Wildman–Crippen LogP) is 2.81. The standard InChI is InChI=1S/C21H28N2O5S/c1-5-28-21-15(2)12-19(13-16(21)3)29(25,26)23-18-8-6-17(7-9-18)14-20(24)22-10-11-27-4/h6-9,12-13,23H,5,10-11,14H2,1-4H3,(H,22,24). The third kappa shape index (κ3) is 6.47. The van der Waals surface area contributed by atoms with Gasteiger partial charge in [0.25, 0.3) is 10.0 Å². The Hall–Kier alpha value is -2.58. The van der Waals surface area contributed by atoms with E-state index in [0.717, 1.165) is 16.7 Å². The van der Waals surface area contributed by atoms with E-state index >= 15 is 0 Å². The van der Waals surface area contributed by atoms with Gasteiger partial charge in [0, 0.05) is 19.3 Å². The van der Waals surface area contributed by atoms with Crippen LogP contribution >= 0.6 is 0 Å². The molecule has 0 aliphatic carbocycles. The number of ether oxygens (including phenoxy) is 2. The maximum atomic E-state index is 12.8. The summed E-state index contributed by atoms with van der Waals surface area (Å²) in [7, 11) is -2.17. The van der Waals surface area contributed by atoms with Crippen molar-refractivity contribution < 1.29 is 22.7 Å². The Labute approximate surface area is 172 Å². The Kier molecular flexibility index (Phi) is 8.04. The molecule has 0 heterocycles. The van der Waals surface area contributed by atoms with Crippen molar-refractivity contribution in [3.05, 3.63) is 53.1 Å². The van der Waals surface area contributed by atoms with Crippen LogP contribution in [-0.4, -0.2) is 41.2 Å². The normalized spacial score (nSPS) is 11.2. The van der Waals surface area contributed by atoms with Gasteiger partial charge in [0.15, 0.2) is 0 Å². The van der Waals surface area contributed by atoms with Gasteiger partial charge in [0.1, 0.15) is 5.75 Å². The topological polar surface area (TPSA) is 93.7 Å². The van der Waals surface area contributed by atoms with Gasteiger partial charge in [-0.2, -0.15) is 0 Å². The molecule has 29 heavy (non-hydrogen) atoms. The SMILES string of the molecule is CCOc1c(C)cc(S(=O)(=O)Nc2ccc(CC(=O)NCCOC)cc2)cc1C. The van der Waals surface area contributed by atoms with Crippen molar-refractivity contribution in [3.63, 3.8) is 0 Å². The van der Waals surface area contributed by atoms with Gasteiger partial charge >= 0.3 is 0 Å². The van der Waals surface area contributed by atoms with Crippen LogP contribution in [0.15, 0.2) is 41.3 Å². The van der Waals surface area contributed by atoms with Gasteiger partial charge in [-0.3, -0.25) is 9.52 Å². The van der Waals surface area contributed by atoms with Gasteiger partial charge < -0.3 is 14.8 Å². The maximum absolute atomic E-state index is 12.8. The van der Waals surface area contributed by atoms with Crippen LogP contribution in [0.3, 0.4) is 0 Å². The van der Waals surface area contributed by atoms with E-state index in [1.807, 2.05) is 20.8 Å². The molecule has 2 N–H and O–H groups in total. The Bertz CT molecular complexity index is 917. The van der Waals surface area contributed by atoms with E-state index < -0.39 is 10.0 Å². The van der Waals surface area contributed by atoms with Crippen molar-refractivity contribution in [2.75, 3.05) is 31.6 Å². The van der Waals surface area contributed by atoms with Gasteiger partial charge in [0.2, 0.25) is 5.91 Å². The van der Waals surface area contributed by atoms with Gasteiger partial charge in [-0.1, -0.05) is 12.1 Å². The number of sulfonamides is 1. The lowest BCUT2D eigenvalue weighted by molar-refractivity contribution is -0.120. The number of rotatable bonds is 10. The van der Waals surface area contributed by atoms with Crippen LogP contribution in [0, 0.1) is 13.8 Å². The van der Waals surface area contributed by atoms with Crippen LogP contribution in [0.2, 0.25) is 0 Å². The zero-order valence-electron chi connectivity index (χ0n) is 17.2. The number of benzene rings is 2. The minimum Gasteiger partial charge on any atom is -0.493 e. The molecular formula is C21H28N2O5S. The fraction of sp³-hybridized carbons (Fsp3) is 0.381. The Morgan fingerprint density at radius 2 is 1.69 bits per heavy atom. The number of methoxy groups -OCH3 is 1. The lowest BCUT2D eigenvalue weighted by Crippen LogP contribution is -2.28. The molecule has 0 aromatic heterocycles. The molecule has 2 aromatic rings. The van der Waals surface area contributed by atoms with E-state index in [1.54, 1.807) is 43.5 Å². The second kappa shape index (κ2) is 10.3. The quantitative estimate of drug-likeness (QED) is 0.577. The number of anilines is 1. The summed E-state index contributed by atoms with van der Waals surface area (Å²) in [6.07, 6.45) is 0.216. The minimum atomic E-state index is -3.74. The molecule has 2 aromatic carbocycles. The molecule has 8 heteroatoms. The fourth-order valence-corrected chi connectivity index (χ4v) is 4.11. The van der Waals surface area contributed by atoms with Gasteiger partial charge in [-0.05, 0) is 61.7 Å². The first-order chi connectivity index (χ1) is 13.8. The van der Waals surface area contributed by atoms with Crippen molar-refractivity contribution in [3.8, 4) is 5.75 Å².